The fourth-order valence-electron chi connectivity index (χ4n) is 4.57. The Bertz CT molecular complexity index is 1860. The standard InChI is InChI=1S/C29H23F2N7O/c1-15(2)7-26(39)34-19-8-17(11-32-12-19)16-3-6-24-21(9-16)28(38-37-24)29-35-25-14-33-13-22(27(25)36-29)20-5-4-18(30)10-23(20)31/h3-6,8-15H,7H2,1-2H3,(H,34,39)(H,35,36)(H,37,38). The van der Waals surface area contributed by atoms with Crippen LogP contribution in [0.3, 0.4) is 0 Å². The summed E-state index contributed by atoms with van der Waals surface area (Å²) in [7, 11) is 0. The number of nitrogens with zero attached hydrogens (tertiary/aromatic N) is 4. The van der Waals surface area contributed by atoms with Crippen LogP contribution < -0.4 is 5.32 Å². The molecule has 0 aliphatic heterocycles. The Hall–Kier alpha value is -4.99. The Morgan fingerprint density at radius 1 is 0.923 bits per heavy atom. The summed E-state index contributed by atoms with van der Waals surface area (Å²) in [5.41, 5.74) is 5.42. The normalized spacial score (nSPS) is 11.5. The van der Waals surface area contributed by atoms with Crippen LogP contribution in [-0.2, 0) is 4.79 Å². The molecule has 39 heavy (non-hydrogen) atoms. The lowest BCUT2D eigenvalue weighted by atomic mass is 10.0. The molecule has 0 radical (unpaired) electrons. The van der Waals surface area contributed by atoms with E-state index in [1.165, 1.54) is 18.3 Å². The molecule has 0 saturated carbocycles. The van der Waals surface area contributed by atoms with Crippen molar-refractivity contribution >= 4 is 33.5 Å². The molecule has 4 heterocycles. The van der Waals surface area contributed by atoms with E-state index in [1.807, 2.05) is 38.1 Å². The maximum Gasteiger partial charge on any atom is 0.224 e. The summed E-state index contributed by atoms with van der Waals surface area (Å²) in [5, 5.41) is 11.2. The number of nitrogens with one attached hydrogen (secondary N) is 3. The second-order valence-electron chi connectivity index (χ2n) is 9.73. The number of pyridine rings is 2. The van der Waals surface area contributed by atoms with Gasteiger partial charge in [0.15, 0.2) is 5.82 Å². The first kappa shape index (κ1) is 24.4. The maximum absolute atomic E-state index is 14.6. The van der Waals surface area contributed by atoms with E-state index in [9.17, 15) is 13.6 Å². The monoisotopic (exact) mass is 523 g/mol. The van der Waals surface area contributed by atoms with Crippen LogP contribution in [0.4, 0.5) is 14.5 Å². The van der Waals surface area contributed by atoms with E-state index in [0.29, 0.717) is 40.2 Å². The minimum Gasteiger partial charge on any atom is -0.335 e. The van der Waals surface area contributed by atoms with Crippen molar-refractivity contribution in [2.45, 2.75) is 20.3 Å². The van der Waals surface area contributed by atoms with Crippen LogP contribution in [0.25, 0.3) is 55.7 Å². The third-order valence-corrected chi connectivity index (χ3v) is 6.35. The second-order valence-corrected chi connectivity index (χ2v) is 9.73. The molecule has 0 unspecified atom stereocenters. The van der Waals surface area contributed by atoms with Crippen LogP contribution in [0.5, 0.6) is 0 Å². The smallest absolute Gasteiger partial charge is 0.224 e. The number of hydrogen-bond acceptors (Lipinski definition) is 5. The van der Waals surface area contributed by atoms with E-state index >= 15 is 0 Å². The average Bonchev–Trinajstić information content (AvgIpc) is 3.52. The lowest BCUT2D eigenvalue weighted by Gasteiger charge is -2.09. The zero-order valence-electron chi connectivity index (χ0n) is 21.1. The molecule has 0 bridgehead atoms. The molecule has 0 fully saturated rings. The first-order valence-corrected chi connectivity index (χ1v) is 12.4. The fourth-order valence-corrected chi connectivity index (χ4v) is 4.57. The third-order valence-electron chi connectivity index (χ3n) is 6.35. The van der Waals surface area contributed by atoms with Crippen LogP contribution in [-0.4, -0.2) is 36.0 Å². The zero-order chi connectivity index (χ0) is 27.1. The van der Waals surface area contributed by atoms with Gasteiger partial charge >= 0.3 is 0 Å². The summed E-state index contributed by atoms with van der Waals surface area (Å²) < 4.78 is 28.0. The molecule has 0 aliphatic rings. The minimum atomic E-state index is -0.694. The van der Waals surface area contributed by atoms with Crippen molar-refractivity contribution in [2.75, 3.05) is 5.32 Å². The number of aromatic nitrogens is 6. The number of aromatic amines is 2. The summed E-state index contributed by atoms with van der Waals surface area (Å²) in [5.74, 6) is -0.687. The first-order valence-electron chi connectivity index (χ1n) is 12.4. The number of fused-ring (bicyclic) bond motifs is 2. The van der Waals surface area contributed by atoms with Crippen molar-refractivity contribution in [3.63, 3.8) is 0 Å². The van der Waals surface area contributed by atoms with Crippen molar-refractivity contribution in [3.05, 3.63) is 78.9 Å². The van der Waals surface area contributed by atoms with Gasteiger partial charge in [-0.25, -0.2) is 13.8 Å². The molecule has 1 amide bonds. The van der Waals surface area contributed by atoms with Gasteiger partial charge in [-0.05, 0) is 41.8 Å². The van der Waals surface area contributed by atoms with E-state index in [1.54, 1.807) is 18.6 Å². The predicted molar refractivity (Wildman–Crippen MR) is 146 cm³/mol. The Morgan fingerprint density at radius 3 is 2.59 bits per heavy atom. The molecule has 0 saturated heterocycles. The number of benzene rings is 2. The quantitative estimate of drug-likeness (QED) is 0.231. The molecular weight excluding hydrogens is 500 g/mol. The van der Waals surface area contributed by atoms with Gasteiger partial charge in [0.1, 0.15) is 22.8 Å². The molecule has 194 valence electrons. The van der Waals surface area contributed by atoms with Gasteiger partial charge in [0.2, 0.25) is 5.91 Å². The summed E-state index contributed by atoms with van der Waals surface area (Å²) in [6, 6.07) is 11.1. The Morgan fingerprint density at radius 2 is 1.77 bits per heavy atom. The summed E-state index contributed by atoms with van der Waals surface area (Å²) >= 11 is 0. The number of carbonyl (C=O) groups is 1. The molecule has 0 atom stereocenters. The molecule has 10 heteroatoms. The Labute approximate surface area is 221 Å². The zero-order valence-corrected chi connectivity index (χ0v) is 21.1. The SMILES string of the molecule is CC(C)CC(=O)Nc1cncc(-c2ccc3[nH]nc(-c4nc5c(-c6ccc(F)cc6F)cncc5[nH]4)c3c2)c1. The summed E-state index contributed by atoms with van der Waals surface area (Å²) in [4.78, 5) is 28.7. The van der Waals surface area contributed by atoms with Crippen molar-refractivity contribution in [2.24, 2.45) is 5.92 Å². The number of imidazole rings is 1. The van der Waals surface area contributed by atoms with Crippen molar-refractivity contribution in [3.8, 4) is 33.8 Å². The van der Waals surface area contributed by atoms with E-state index in [2.05, 4.69) is 30.5 Å². The number of halogens is 2. The van der Waals surface area contributed by atoms with Gasteiger partial charge in [-0.1, -0.05) is 19.9 Å². The topological polar surface area (TPSA) is 112 Å². The number of anilines is 1. The highest BCUT2D eigenvalue weighted by Gasteiger charge is 2.18. The fraction of sp³-hybridized carbons (Fsp3) is 0.138. The van der Waals surface area contributed by atoms with Crippen molar-refractivity contribution < 1.29 is 13.6 Å². The van der Waals surface area contributed by atoms with Gasteiger partial charge in [0.25, 0.3) is 0 Å². The predicted octanol–water partition coefficient (Wildman–Crippen LogP) is 6.49. The van der Waals surface area contributed by atoms with Crippen LogP contribution in [0.15, 0.2) is 67.3 Å². The van der Waals surface area contributed by atoms with Crippen molar-refractivity contribution in [1.82, 2.24) is 30.1 Å². The van der Waals surface area contributed by atoms with Gasteiger partial charge < -0.3 is 10.3 Å². The molecule has 3 N–H and O–H groups in total. The van der Waals surface area contributed by atoms with Crippen LogP contribution >= 0.6 is 0 Å². The van der Waals surface area contributed by atoms with Gasteiger partial charge in [-0.3, -0.25) is 19.9 Å². The molecule has 6 aromatic rings. The van der Waals surface area contributed by atoms with Gasteiger partial charge in [0.05, 0.1) is 29.1 Å². The van der Waals surface area contributed by atoms with E-state index in [0.717, 1.165) is 28.1 Å². The number of rotatable bonds is 6. The first-order chi connectivity index (χ1) is 18.9. The molecule has 6 rings (SSSR count). The van der Waals surface area contributed by atoms with Crippen molar-refractivity contribution in [1.29, 1.82) is 0 Å². The van der Waals surface area contributed by atoms with Crippen LogP contribution in [0, 0.1) is 17.6 Å². The highest BCUT2D eigenvalue weighted by molar-refractivity contribution is 5.98. The minimum absolute atomic E-state index is 0.0595. The molecule has 8 nitrogen and oxygen atoms in total. The average molecular weight is 524 g/mol. The third kappa shape index (κ3) is 4.72. The van der Waals surface area contributed by atoms with Gasteiger partial charge in [-0.2, -0.15) is 5.10 Å². The molecule has 4 aromatic heterocycles. The van der Waals surface area contributed by atoms with E-state index in [-0.39, 0.29) is 17.4 Å². The molecule has 0 aliphatic carbocycles. The van der Waals surface area contributed by atoms with Gasteiger partial charge in [0, 0.05) is 47.0 Å². The van der Waals surface area contributed by atoms with E-state index < -0.39 is 11.6 Å². The highest BCUT2D eigenvalue weighted by Crippen LogP contribution is 2.34. The summed E-state index contributed by atoms with van der Waals surface area (Å²) in [6.45, 7) is 3.98. The molecule has 0 spiro atoms. The molecule has 2 aromatic carbocycles. The van der Waals surface area contributed by atoms with E-state index in [4.69, 9.17) is 4.98 Å². The summed E-state index contributed by atoms with van der Waals surface area (Å²) in [6.07, 6.45) is 6.88. The second kappa shape index (κ2) is 9.71. The Kier molecular flexibility index (Phi) is 6.07. The maximum atomic E-state index is 14.6. The number of amides is 1. The molecular formula is C29H23F2N7O. The number of carbonyl (C=O) groups excluding carboxylic acids is 1. The number of H-pyrrole nitrogens is 2. The highest BCUT2D eigenvalue weighted by atomic mass is 19.1. The van der Waals surface area contributed by atoms with Gasteiger partial charge in [-0.15, -0.1) is 0 Å². The lowest BCUT2D eigenvalue weighted by molar-refractivity contribution is -0.116. The lowest BCUT2D eigenvalue weighted by Crippen LogP contribution is -2.13. The Balaban J connectivity index is 1.39. The largest absolute Gasteiger partial charge is 0.335 e. The number of hydrogen-bond donors (Lipinski definition) is 3. The van der Waals surface area contributed by atoms with Crippen LogP contribution in [0.1, 0.15) is 20.3 Å². The van der Waals surface area contributed by atoms with Crippen LogP contribution in [0.2, 0.25) is 0 Å².